The third-order valence-electron chi connectivity index (χ3n) is 3.51. The maximum atomic E-state index is 13.7. The molecule has 0 saturated carbocycles. The average Bonchev–Trinajstić information content (AvgIpc) is 2.48. The van der Waals surface area contributed by atoms with Crippen LogP contribution in [-0.4, -0.2) is 29.2 Å². The first kappa shape index (κ1) is 17.8. The van der Waals surface area contributed by atoms with Crippen molar-refractivity contribution >= 4 is 0 Å². The third-order valence-corrected chi connectivity index (χ3v) is 3.51. The summed E-state index contributed by atoms with van der Waals surface area (Å²) in [5.41, 5.74) is -0.869. The van der Waals surface area contributed by atoms with Crippen molar-refractivity contribution in [3.05, 3.63) is 34.6 Å². The van der Waals surface area contributed by atoms with Crippen LogP contribution in [0.3, 0.4) is 0 Å². The largest absolute Gasteiger partial charge is 0.395 e. The lowest BCUT2D eigenvalue weighted by atomic mass is 10.1. The third kappa shape index (κ3) is 3.71. The van der Waals surface area contributed by atoms with Gasteiger partial charge in [0.1, 0.15) is 0 Å². The minimum Gasteiger partial charge on any atom is -0.395 e. The van der Waals surface area contributed by atoms with Crippen molar-refractivity contribution in [1.29, 1.82) is 0 Å². The highest BCUT2D eigenvalue weighted by Gasteiger charge is 2.27. The highest BCUT2D eigenvalue weighted by atomic mass is 19.2. The first-order valence-electron chi connectivity index (χ1n) is 6.74. The maximum absolute atomic E-state index is 13.7. The van der Waals surface area contributed by atoms with Crippen LogP contribution < -0.4 is 0 Å². The van der Waals surface area contributed by atoms with Crippen molar-refractivity contribution in [3.63, 3.8) is 0 Å². The van der Waals surface area contributed by atoms with E-state index in [4.69, 9.17) is 5.11 Å². The summed E-state index contributed by atoms with van der Waals surface area (Å²) in [6.45, 7) is 3.06. The van der Waals surface area contributed by atoms with Crippen molar-refractivity contribution in [2.45, 2.75) is 39.3 Å². The minimum atomic E-state index is -2.16. The molecule has 0 radical (unpaired) electrons. The molecule has 0 aromatic heterocycles. The van der Waals surface area contributed by atoms with Crippen LogP contribution in [0.25, 0.3) is 0 Å². The summed E-state index contributed by atoms with van der Waals surface area (Å²) in [5, 5.41) is 9.01. The fraction of sp³-hybridized carbons (Fsp3) is 0.571. The van der Waals surface area contributed by atoms with Crippen molar-refractivity contribution in [1.82, 2.24) is 4.90 Å². The molecule has 1 N–H and O–H groups in total. The predicted molar refractivity (Wildman–Crippen MR) is 68.1 cm³/mol. The van der Waals surface area contributed by atoms with Gasteiger partial charge in [-0.1, -0.05) is 13.8 Å². The van der Waals surface area contributed by atoms with Gasteiger partial charge in [-0.3, -0.25) is 4.90 Å². The van der Waals surface area contributed by atoms with E-state index in [2.05, 4.69) is 0 Å². The number of aliphatic hydroxyl groups is 1. The smallest absolute Gasteiger partial charge is 0.200 e. The Hall–Kier alpha value is -1.21. The Morgan fingerprint density at radius 3 is 1.67 bits per heavy atom. The van der Waals surface area contributed by atoms with E-state index in [0.717, 1.165) is 0 Å². The Morgan fingerprint density at radius 1 is 0.857 bits per heavy atom. The summed E-state index contributed by atoms with van der Waals surface area (Å²) < 4.78 is 66.7. The Balaban J connectivity index is 3.20. The van der Waals surface area contributed by atoms with Gasteiger partial charge in [0.15, 0.2) is 23.3 Å². The van der Waals surface area contributed by atoms with Crippen LogP contribution in [-0.2, 0) is 6.54 Å². The fourth-order valence-electron chi connectivity index (χ4n) is 2.32. The second kappa shape index (κ2) is 7.70. The zero-order valence-electron chi connectivity index (χ0n) is 11.9. The summed E-state index contributed by atoms with van der Waals surface area (Å²) in [7, 11) is 0. The van der Waals surface area contributed by atoms with Crippen LogP contribution >= 0.6 is 0 Å². The van der Waals surface area contributed by atoms with Crippen LogP contribution in [0.2, 0.25) is 0 Å². The molecule has 0 aliphatic rings. The summed E-state index contributed by atoms with van der Waals surface area (Å²) in [6, 6.07) is -0.118. The molecule has 0 aliphatic heterocycles. The summed E-state index contributed by atoms with van der Waals surface area (Å²) in [4.78, 5) is 1.51. The van der Waals surface area contributed by atoms with Crippen LogP contribution in [0.5, 0.6) is 0 Å². The van der Waals surface area contributed by atoms with Crippen LogP contribution in [0, 0.1) is 29.1 Å². The van der Waals surface area contributed by atoms with Gasteiger partial charge in [-0.05, 0) is 12.8 Å². The molecule has 0 fully saturated rings. The second-order valence-corrected chi connectivity index (χ2v) is 4.71. The number of aliphatic hydroxyl groups excluding tert-OH is 1. The molecule has 0 atom stereocenters. The molecule has 0 spiro atoms. The van der Waals surface area contributed by atoms with Crippen LogP contribution in [0.1, 0.15) is 32.3 Å². The Bertz CT molecular complexity index is 462. The molecule has 0 saturated heterocycles. The van der Waals surface area contributed by atoms with E-state index in [-0.39, 0.29) is 19.2 Å². The van der Waals surface area contributed by atoms with Gasteiger partial charge in [-0.15, -0.1) is 0 Å². The van der Waals surface area contributed by atoms with Gasteiger partial charge in [-0.25, -0.2) is 22.0 Å². The van der Waals surface area contributed by atoms with Crippen LogP contribution in [0.15, 0.2) is 0 Å². The molecule has 0 amide bonds. The highest BCUT2D eigenvalue weighted by Crippen LogP contribution is 2.25. The molecular formula is C14H18F5NO. The van der Waals surface area contributed by atoms with E-state index in [0.29, 0.717) is 12.8 Å². The fourth-order valence-corrected chi connectivity index (χ4v) is 2.32. The summed E-state index contributed by atoms with van der Waals surface area (Å²) >= 11 is 0. The molecule has 7 heteroatoms. The molecule has 1 aromatic carbocycles. The predicted octanol–water partition coefficient (Wildman–Crippen LogP) is 3.37. The van der Waals surface area contributed by atoms with E-state index in [9.17, 15) is 22.0 Å². The lowest BCUT2D eigenvalue weighted by Gasteiger charge is -2.30. The monoisotopic (exact) mass is 311 g/mol. The van der Waals surface area contributed by atoms with Gasteiger partial charge in [0.2, 0.25) is 5.82 Å². The van der Waals surface area contributed by atoms with E-state index >= 15 is 0 Å². The first-order valence-corrected chi connectivity index (χ1v) is 6.74. The Morgan fingerprint density at radius 2 is 1.29 bits per heavy atom. The Kier molecular flexibility index (Phi) is 6.54. The molecule has 0 unspecified atom stereocenters. The van der Waals surface area contributed by atoms with E-state index in [1.54, 1.807) is 0 Å². The molecule has 1 rings (SSSR count). The molecule has 0 aliphatic carbocycles. The van der Waals surface area contributed by atoms with Gasteiger partial charge in [0.25, 0.3) is 0 Å². The molecular weight excluding hydrogens is 293 g/mol. The quantitative estimate of drug-likeness (QED) is 0.474. The lowest BCUT2D eigenvalue weighted by Crippen LogP contribution is -2.37. The van der Waals surface area contributed by atoms with Crippen molar-refractivity contribution < 1.29 is 27.1 Å². The summed E-state index contributed by atoms with van der Waals surface area (Å²) in [5.74, 6) is -9.69. The molecule has 0 bridgehead atoms. The molecule has 2 nitrogen and oxygen atoms in total. The van der Waals surface area contributed by atoms with Crippen molar-refractivity contribution in [2.75, 3.05) is 13.2 Å². The highest BCUT2D eigenvalue weighted by molar-refractivity contribution is 5.24. The molecule has 1 aromatic rings. The van der Waals surface area contributed by atoms with E-state index in [1.807, 2.05) is 13.8 Å². The van der Waals surface area contributed by atoms with Gasteiger partial charge in [-0.2, -0.15) is 0 Å². The van der Waals surface area contributed by atoms with Gasteiger partial charge in [0.05, 0.1) is 6.61 Å². The standard InChI is InChI=1S/C14H18F5NO/c1-3-8(4-2)20(5-6-21)7-9-10(15)12(17)14(19)13(18)11(9)16/h8,21H,3-7H2,1-2H3. The number of hydrogen-bond acceptors (Lipinski definition) is 2. The number of rotatable bonds is 7. The van der Waals surface area contributed by atoms with Gasteiger partial charge < -0.3 is 5.11 Å². The number of nitrogens with zero attached hydrogens (tertiary/aromatic N) is 1. The van der Waals surface area contributed by atoms with E-state index < -0.39 is 41.2 Å². The topological polar surface area (TPSA) is 23.5 Å². The zero-order valence-corrected chi connectivity index (χ0v) is 11.9. The molecule has 21 heavy (non-hydrogen) atoms. The number of benzene rings is 1. The Labute approximate surface area is 120 Å². The maximum Gasteiger partial charge on any atom is 0.200 e. The number of halogens is 5. The normalized spacial score (nSPS) is 11.7. The zero-order chi connectivity index (χ0) is 16.2. The molecule has 120 valence electrons. The van der Waals surface area contributed by atoms with Crippen molar-refractivity contribution in [2.24, 2.45) is 0 Å². The van der Waals surface area contributed by atoms with Crippen LogP contribution in [0.4, 0.5) is 22.0 Å². The van der Waals surface area contributed by atoms with E-state index in [1.165, 1.54) is 4.90 Å². The lowest BCUT2D eigenvalue weighted by molar-refractivity contribution is 0.132. The van der Waals surface area contributed by atoms with Gasteiger partial charge >= 0.3 is 0 Å². The molecule has 0 heterocycles. The number of hydrogen-bond donors (Lipinski definition) is 1. The average molecular weight is 311 g/mol. The minimum absolute atomic E-state index is 0.0891. The summed E-state index contributed by atoms with van der Waals surface area (Å²) in [6.07, 6.45) is 1.26. The first-order chi connectivity index (χ1) is 9.88. The second-order valence-electron chi connectivity index (χ2n) is 4.71. The van der Waals surface area contributed by atoms with Gasteiger partial charge in [0, 0.05) is 24.7 Å². The SMILES string of the molecule is CCC(CC)N(CCO)Cc1c(F)c(F)c(F)c(F)c1F. The van der Waals surface area contributed by atoms with Crippen molar-refractivity contribution in [3.8, 4) is 0 Å².